The van der Waals surface area contributed by atoms with Gasteiger partial charge in [-0.25, -0.2) is 9.59 Å². The number of ether oxygens (including phenoxy) is 1. The van der Waals surface area contributed by atoms with Crippen molar-refractivity contribution in [3.8, 4) is 0 Å². The van der Waals surface area contributed by atoms with E-state index in [0.717, 1.165) is 11.1 Å². The summed E-state index contributed by atoms with van der Waals surface area (Å²) in [6, 6.07) is 16.2. The number of Topliss-reactive ketones (excluding diaryl/α,β-unsaturated/α-hetero) is 1. The Kier molecular flexibility index (Phi) is 9.79. The molecular weight excluding hydrogens is 436 g/mol. The number of ketones is 1. The molecule has 2 rings (SSSR count). The fraction of sp³-hybridized carbons (Fsp3) is 0.385. The lowest BCUT2D eigenvalue weighted by atomic mass is 9.99. The number of carbonyl (C=O) groups excluding carboxylic acids is 3. The van der Waals surface area contributed by atoms with Gasteiger partial charge in [-0.2, -0.15) is 0 Å². The Morgan fingerprint density at radius 3 is 1.76 bits per heavy atom. The quantitative estimate of drug-likeness (QED) is 0.465. The topological polar surface area (TPSA) is 122 Å². The van der Waals surface area contributed by atoms with Gasteiger partial charge in [0.1, 0.15) is 11.6 Å². The zero-order valence-electron chi connectivity index (χ0n) is 19.7. The van der Waals surface area contributed by atoms with Gasteiger partial charge < -0.3 is 20.5 Å². The first-order valence-corrected chi connectivity index (χ1v) is 11.2. The second kappa shape index (κ2) is 12.5. The molecule has 0 aliphatic heterocycles. The summed E-state index contributed by atoms with van der Waals surface area (Å²) < 4.78 is 5.27. The van der Waals surface area contributed by atoms with Gasteiger partial charge >= 0.3 is 12.1 Å². The lowest BCUT2D eigenvalue weighted by Crippen LogP contribution is -2.45. The molecule has 34 heavy (non-hydrogen) atoms. The van der Waals surface area contributed by atoms with E-state index in [2.05, 4.69) is 10.6 Å². The molecule has 1 unspecified atom stereocenters. The maximum absolute atomic E-state index is 12.9. The first kappa shape index (κ1) is 26.6. The smallest absolute Gasteiger partial charge is 0.408 e. The Balaban J connectivity index is 1.98. The second-order valence-electron chi connectivity index (χ2n) is 9.00. The summed E-state index contributed by atoms with van der Waals surface area (Å²) in [6.07, 6.45) is -0.700. The highest BCUT2D eigenvalue weighted by molar-refractivity contribution is 5.91. The molecule has 0 aliphatic rings. The highest BCUT2D eigenvalue weighted by atomic mass is 16.6. The highest BCUT2D eigenvalue weighted by Gasteiger charge is 2.26. The van der Waals surface area contributed by atoms with Crippen LogP contribution in [0.5, 0.6) is 0 Å². The number of benzene rings is 2. The Bertz CT molecular complexity index is 970. The molecule has 8 heteroatoms. The molecule has 0 bridgehead atoms. The average Bonchev–Trinajstić information content (AvgIpc) is 2.76. The number of carbonyl (C=O) groups is 4. The van der Waals surface area contributed by atoms with Gasteiger partial charge in [0.25, 0.3) is 0 Å². The lowest BCUT2D eigenvalue weighted by molar-refractivity contribution is -0.141. The third-order valence-electron chi connectivity index (χ3n) is 4.88. The third-order valence-corrected chi connectivity index (χ3v) is 4.88. The van der Waals surface area contributed by atoms with Gasteiger partial charge in [-0.1, -0.05) is 60.7 Å². The first-order chi connectivity index (χ1) is 16.0. The van der Waals surface area contributed by atoms with Gasteiger partial charge in [-0.15, -0.1) is 0 Å². The predicted molar refractivity (Wildman–Crippen MR) is 127 cm³/mol. The fourth-order valence-corrected chi connectivity index (χ4v) is 3.27. The number of carboxylic acids is 1. The molecule has 3 N–H and O–H groups in total. The van der Waals surface area contributed by atoms with E-state index >= 15 is 0 Å². The normalized spacial score (nSPS) is 12.8. The van der Waals surface area contributed by atoms with Gasteiger partial charge in [-0.3, -0.25) is 9.59 Å². The van der Waals surface area contributed by atoms with E-state index in [9.17, 15) is 24.3 Å². The number of hydrogen-bond donors (Lipinski definition) is 3. The van der Waals surface area contributed by atoms with Crippen LogP contribution in [0.15, 0.2) is 60.7 Å². The maximum Gasteiger partial charge on any atom is 0.408 e. The Labute approximate surface area is 199 Å². The summed E-state index contributed by atoms with van der Waals surface area (Å²) in [5.74, 6) is -2.05. The average molecular weight is 469 g/mol. The van der Waals surface area contributed by atoms with Crippen LogP contribution < -0.4 is 10.6 Å². The Morgan fingerprint density at radius 2 is 1.29 bits per heavy atom. The van der Waals surface area contributed by atoms with Crippen molar-refractivity contribution in [1.82, 2.24) is 10.6 Å². The van der Waals surface area contributed by atoms with Gasteiger partial charge in [0.05, 0.1) is 6.04 Å². The van der Waals surface area contributed by atoms with E-state index in [1.165, 1.54) is 0 Å². The Hall–Kier alpha value is -3.68. The van der Waals surface area contributed by atoms with Crippen LogP contribution in [-0.4, -0.2) is 46.5 Å². The highest BCUT2D eigenvalue weighted by Crippen LogP contribution is 2.11. The van der Waals surface area contributed by atoms with Crippen LogP contribution in [0.4, 0.5) is 4.79 Å². The fourth-order valence-electron chi connectivity index (χ4n) is 3.27. The minimum Gasteiger partial charge on any atom is -0.480 e. The SMILES string of the molecule is CC(C)(C)OC(=O)N[C@@H](Cc1ccccc1)C(=O)CCC(=O)NC(Cc1ccccc1)C(=O)O. The van der Waals surface area contributed by atoms with Crippen LogP contribution in [0.2, 0.25) is 0 Å². The molecule has 0 spiro atoms. The molecule has 8 nitrogen and oxygen atoms in total. The van der Waals surface area contributed by atoms with E-state index < -0.39 is 35.7 Å². The van der Waals surface area contributed by atoms with E-state index in [1.807, 2.05) is 36.4 Å². The van der Waals surface area contributed by atoms with Crippen molar-refractivity contribution in [2.24, 2.45) is 0 Å². The van der Waals surface area contributed by atoms with E-state index in [0.29, 0.717) is 0 Å². The predicted octanol–water partition coefficient (Wildman–Crippen LogP) is 3.28. The number of nitrogens with one attached hydrogen (secondary N) is 2. The number of alkyl carbamates (subject to hydrolysis) is 1. The van der Waals surface area contributed by atoms with Crippen molar-refractivity contribution < 1.29 is 29.0 Å². The summed E-state index contributed by atoms with van der Waals surface area (Å²) in [5, 5.41) is 14.5. The molecule has 0 saturated carbocycles. The molecule has 0 aliphatic carbocycles. The molecule has 0 radical (unpaired) electrons. The van der Waals surface area contributed by atoms with E-state index in [4.69, 9.17) is 4.74 Å². The minimum absolute atomic E-state index is 0.132. The zero-order chi connectivity index (χ0) is 25.1. The van der Waals surface area contributed by atoms with Crippen LogP contribution in [0.3, 0.4) is 0 Å². The lowest BCUT2D eigenvalue weighted by Gasteiger charge is -2.23. The maximum atomic E-state index is 12.9. The molecule has 0 aromatic heterocycles. The van der Waals surface area contributed by atoms with Crippen molar-refractivity contribution >= 4 is 23.8 Å². The molecule has 2 atom stereocenters. The van der Waals surface area contributed by atoms with Crippen molar-refractivity contribution in [3.05, 3.63) is 71.8 Å². The third kappa shape index (κ3) is 9.85. The number of amides is 2. The molecule has 2 aromatic carbocycles. The second-order valence-corrected chi connectivity index (χ2v) is 9.00. The zero-order valence-corrected chi connectivity index (χ0v) is 19.7. The summed E-state index contributed by atoms with van der Waals surface area (Å²) >= 11 is 0. The summed E-state index contributed by atoms with van der Waals surface area (Å²) in [5.41, 5.74) is 0.889. The number of aliphatic carboxylic acids is 1. The van der Waals surface area contributed by atoms with Gasteiger partial charge in [0.2, 0.25) is 5.91 Å². The molecule has 2 amide bonds. The number of rotatable bonds is 11. The monoisotopic (exact) mass is 468 g/mol. The van der Waals surface area contributed by atoms with E-state index in [1.54, 1.807) is 45.0 Å². The van der Waals surface area contributed by atoms with Crippen LogP contribution in [0, 0.1) is 0 Å². The molecule has 182 valence electrons. The summed E-state index contributed by atoms with van der Waals surface area (Å²) in [6.45, 7) is 5.16. The van der Waals surface area contributed by atoms with Crippen LogP contribution in [0.25, 0.3) is 0 Å². The molecule has 0 heterocycles. The van der Waals surface area contributed by atoms with Crippen LogP contribution in [0.1, 0.15) is 44.7 Å². The molecule has 0 fully saturated rings. The molecule has 2 aromatic rings. The van der Waals surface area contributed by atoms with Crippen molar-refractivity contribution in [1.29, 1.82) is 0 Å². The van der Waals surface area contributed by atoms with Crippen molar-refractivity contribution in [3.63, 3.8) is 0 Å². The molecular formula is C26H32N2O6. The van der Waals surface area contributed by atoms with Crippen LogP contribution >= 0.6 is 0 Å². The Morgan fingerprint density at radius 1 is 0.794 bits per heavy atom. The van der Waals surface area contributed by atoms with Gasteiger partial charge in [0, 0.05) is 19.3 Å². The minimum atomic E-state index is -1.16. The molecule has 0 saturated heterocycles. The van der Waals surface area contributed by atoms with Crippen LogP contribution in [-0.2, 0) is 32.0 Å². The van der Waals surface area contributed by atoms with Gasteiger partial charge in [0.15, 0.2) is 5.78 Å². The summed E-state index contributed by atoms with van der Waals surface area (Å²) in [4.78, 5) is 49.1. The van der Waals surface area contributed by atoms with Gasteiger partial charge in [-0.05, 0) is 38.3 Å². The first-order valence-electron chi connectivity index (χ1n) is 11.2. The summed E-state index contributed by atoms with van der Waals surface area (Å²) in [7, 11) is 0. The number of hydrogen-bond acceptors (Lipinski definition) is 5. The van der Waals surface area contributed by atoms with E-state index in [-0.39, 0.29) is 31.5 Å². The standard InChI is InChI=1S/C26H32N2O6/c1-26(2,3)34-25(33)28-20(16-18-10-6-4-7-11-18)22(29)14-15-23(30)27-21(24(31)32)17-19-12-8-5-9-13-19/h4-13,20-21H,14-17H2,1-3H3,(H,27,30)(H,28,33)(H,31,32)/t20-,21?/m0/s1. The number of carboxylic acid groups (broad SMARTS) is 1. The largest absolute Gasteiger partial charge is 0.480 e. The van der Waals surface area contributed by atoms with Crippen molar-refractivity contribution in [2.75, 3.05) is 0 Å². The van der Waals surface area contributed by atoms with Crippen molar-refractivity contribution in [2.45, 2.75) is 64.1 Å².